The van der Waals surface area contributed by atoms with Crippen LogP contribution in [0.2, 0.25) is 0 Å². The first-order valence-electron chi connectivity index (χ1n) is 11.6. The van der Waals surface area contributed by atoms with E-state index in [1.54, 1.807) is 24.3 Å². The van der Waals surface area contributed by atoms with Gasteiger partial charge >= 0.3 is 6.18 Å². The zero-order valence-corrected chi connectivity index (χ0v) is 19.5. The molecule has 0 spiro atoms. The lowest BCUT2D eigenvalue weighted by molar-refractivity contribution is -0.913. The summed E-state index contributed by atoms with van der Waals surface area (Å²) < 4.78 is 53.1. The Morgan fingerprint density at radius 3 is 2.31 bits per heavy atom. The number of phenols is 1. The Balaban J connectivity index is 1.87. The van der Waals surface area contributed by atoms with Crippen LogP contribution in [0.4, 0.5) is 13.2 Å². The Morgan fingerprint density at radius 1 is 0.971 bits per heavy atom. The quantitative estimate of drug-likeness (QED) is 0.337. The predicted molar refractivity (Wildman–Crippen MR) is 128 cm³/mol. The van der Waals surface area contributed by atoms with Gasteiger partial charge in [-0.25, -0.2) is 0 Å². The molecular weight excluding hydrogens is 459 g/mol. The third-order valence-electron chi connectivity index (χ3n) is 5.93. The number of phenolic OH excluding ortho intramolecular Hbond substituents is 1. The highest BCUT2D eigenvalue weighted by molar-refractivity contribution is 5.85. The van der Waals surface area contributed by atoms with Crippen molar-refractivity contribution in [2.45, 2.75) is 39.4 Å². The van der Waals surface area contributed by atoms with E-state index in [9.17, 15) is 23.1 Å². The SMILES string of the molecule is CCC[NH+](CCC)Cc1c(O)ccc2c(=O)c(Oc3ccc4ccccc4c3)c(C(F)(F)F)oc12. The van der Waals surface area contributed by atoms with Gasteiger partial charge in [0.05, 0.1) is 24.0 Å². The molecule has 5 nitrogen and oxygen atoms in total. The zero-order valence-electron chi connectivity index (χ0n) is 19.5. The van der Waals surface area contributed by atoms with Gasteiger partial charge in [-0.15, -0.1) is 0 Å². The van der Waals surface area contributed by atoms with Gasteiger partial charge in [0.25, 0.3) is 5.76 Å². The molecule has 184 valence electrons. The first-order valence-corrected chi connectivity index (χ1v) is 11.6. The van der Waals surface area contributed by atoms with Crippen LogP contribution in [-0.4, -0.2) is 18.2 Å². The van der Waals surface area contributed by atoms with Gasteiger partial charge in [0.1, 0.15) is 18.0 Å². The topological polar surface area (TPSA) is 64.1 Å². The minimum absolute atomic E-state index is 0.0751. The van der Waals surface area contributed by atoms with Crippen LogP contribution in [0.3, 0.4) is 0 Å². The molecule has 0 bridgehead atoms. The Morgan fingerprint density at radius 2 is 1.66 bits per heavy atom. The van der Waals surface area contributed by atoms with Crippen LogP contribution >= 0.6 is 0 Å². The fourth-order valence-corrected chi connectivity index (χ4v) is 4.34. The highest BCUT2D eigenvalue weighted by Crippen LogP contribution is 2.40. The standard InChI is InChI=1S/C27H26F3NO4/c1-3-13-31(14-4-2)16-21-22(32)12-11-20-23(33)25(26(27(28,29)30)35-24(20)21)34-19-10-9-17-7-5-6-8-18(17)15-19/h5-12,15,32H,3-4,13-14,16H2,1-2H3/p+1. The van der Waals surface area contributed by atoms with Crippen LogP contribution < -0.4 is 15.1 Å². The maximum Gasteiger partial charge on any atom is 0.453 e. The van der Waals surface area contributed by atoms with Gasteiger partial charge in [0, 0.05) is 0 Å². The molecule has 0 aliphatic heterocycles. The van der Waals surface area contributed by atoms with E-state index in [2.05, 4.69) is 0 Å². The van der Waals surface area contributed by atoms with Crippen LogP contribution in [-0.2, 0) is 12.7 Å². The number of benzene rings is 3. The van der Waals surface area contributed by atoms with Crippen molar-refractivity contribution in [2.24, 2.45) is 0 Å². The van der Waals surface area contributed by atoms with E-state index in [4.69, 9.17) is 9.15 Å². The number of rotatable bonds is 8. The van der Waals surface area contributed by atoms with Gasteiger partial charge in [-0.05, 0) is 47.9 Å². The molecule has 35 heavy (non-hydrogen) atoms. The zero-order chi connectivity index (χ0) is 25.2. The molecule has 3 aromatic carbocycles. The largest absolute Gasteiger partial charge is 0.507 e. The van der Waals surface area contributed by atoms with Crippen molar-refractivity contribution in [1.29, 1.82) is 0 Å². The van der Waals surface area contributed by atoms with Crippen LogP contribution in [0.15, 0.2) is 63.8 Å². The summed E-state index contributed by atoms with van der Waals surface area (Å²) in [4.78, 5) is 14.4. The van der Waals surface area contributed by atoms with Gasteiger partial charge in [0.2, 0.25) is 11.2 Å². The number of fused-ring (bicyclic) bond motifs is 2. The van der Waals surface area contributed by atoms with Gasteiger partial charge in [-0.3, -0.25) is 4.79 Å². The maximum absolute atomic E-state index is 14.1. The molecule has 2 N–H and O–H groups in total. The van der Waals surface area contributed by atoms with E-state index < -0.39 is 23.1 Å². The van der Waals surface area contributed by atoms with E-state index in [0.717, 1.165) is 41.6 Å². The van der Waals surface area contributed by atoms with Gasteiger partial charge in [-0.2, -0.15) is 13.2 Å². The highest BCUT2D eigenvalue weighted by Gasteiger charge is 2.41. The van der Waals surface area contributed by atoms with Crippen molar-refractivity contribution in [1.82, 2.24) is 0 Å². The minimum atomic E-state index is -4.98. The number of halogens is 3. The van der Waals surface area contributed by atoms with E-state index in [1.165, 1.54) is 18.2 Å². The fraction of sp³-hybridized carbons (Fsp3) is 0.296. The molecule has 0 atom stereocenters. The van der Waals surface area contributed by atoms with Crippen molar-refractivity contribution >= 4 is 21.7 Å². The highest BCUT2D eigenvalue weighted by atomic mass is 19.4. The molecule has 0 unspecified atom stereocenters. The summed E-state index contributed by atoms with van der Waals surface area (Å²) in [7, 11) is 0. The number of hydrogen-bond donors (Lipinski definition) is 2. The average molecular weight is 487 g/mol. The van der Waals surface area contributed by atoms with E-state index >= 15 is 0 Å². The Bertz CT molecular complexity index is 1410. The van der Waals surface area contributed by atoms with Crippen LogP contribution in [0.5, 0.6) is 17.2 Å². The van der Waals surface area contributed by atoms with Gasteiger partial charge in [0.15, 0.2) is 5.58 Å². The lowest BCUT2D eigenvalue weighted by Crippen LogP contribution is -3.10. The summed E-state index contributed by atoms with van der Waals surface area (Å²) in [5.41, 5.74) is -1.03. The summed E-state index contributed by atoms with van der Waals surface area (Å²) >= 11 is 0. The van der Waals surface area contributed by atoms with E-state index in [1.807, 2.05) is 26.0 Å². The molecule has 1 heterocycles. The number of ether oxygens (including phenoxy) is 1. The monoisotopic (exact) mass is 486 g/mol. The summed E-state index contributed by atoms with van der Waals surface area (Å²) in [5.74, 6) is -2.58. The Hall–Kier alpha value is -3.52. The molecule has 1 aromatic heterocycles. The van der Waals surface area contributed by atoms with Crippen LogP contribution in [0.1, 0.15) is 38.0 Å². The summed E-state index contributed by atoms with van der Waals surface area (Å²) in [6.07, 6.45) is -3.26. The molecule has 0 aliphatic rings. The fourth-order valence-electron chi connectivity index (χ4n) is 4.34. The predicted octanol–water partition coefficient (Wildman–Crippen LogP) is 5.67. The summed E-state index contributed by atoms with van der Waals surface area (Å²) in [6.45, 7) is 5.79. The maximum atomic E-state index is 14.1. The molecule has 0 saturated heterocycles. The van der Waals surface area contributed by atoms with Gasteiger partial charge < -0.3 is 19.2 Å². The molecule has 0 aliphatic carbocycles. The summed E-state index contributed by atoms with van der Waals surface area (Å²) in [6, 6.07) is 14.7. The van der Waals surface area contributed by atoms with Crippen molar-refractivity contribution in [3.8, 4) is 17.2 Å². The second-order valence-electron chi connectivity index (χ2n) is 8.56. The third kappa shape index (κ3) is 5.12. The molecule has 0 radical (unpaired) electrons. The first kappa shape index (κ1) is 24.6. The minimum Gasteiger partial charge on any atom is -0.507 e. The number of alkyl halides is 3. The molecule has 8 heteroatoms. The molecular formula is C27H27F3NO4+. The van der Waals surface area contributed by atoms with E-state index in [0.29, 0.717) is 0 Å². The van der Waals surface area contributed by atoms with Crippen molar-refractivity contribution in [2.75, 3.05) is 13.1 Å². The van der Waals surface area contributed by atoms with Crippen molar-refractivity contribution < 1.29 is 32.3 Å². The van der Waals surface area contributed by atoms with Crippen LogP contribution in [0.25, 0.3) is 21.7 Å². The average Bonchev–Trinajstić information content (AvgIpc) is 2.82. The number of hydrogen-bond acceptors (Lipinski definition) is 4. The number of aromatic hydroxyl groups is 1. The number of nitrogens with one attached hydrogen (secondary N) is 1. The molecule has 0 saturated carbocycles. The second kappa shape index (κ2) is 10.00. The number of quaternary nitrogens is 1. The molecule has 4 rings (SSSR count). The summed E-state index contributed by atoms with van der Waals surface area (Å²) in [5, 5.41) is 12.1. The Kier molecular flexibility index (Phi) is 7.03. The third-order valence-corrected chi connectivity index (χ3v) is 5.93. The van der Waals surface area contributed by atoms with Crippen LogP contribution in [0, 0.1) is 0 Å². The lowest BCUT2D eigenvalue weighted by atomic mass is 10.1. The lowest BCUT2D eigenvalue weighted by Gasteiger charge is -2.20. The van der Waals surface area contributed by atoms with E-state index in [-0.39, 0.29) is 34.6 Å². The second-order valence-corrected chi connectivity index (χ2v) is 8.56. The smallest absolute Gasteiger partial charge is 0.453 e. The van der Waals surface area contributed by atoms with Crippen molar-refractivity contribution in [3.05, 3.63) is 76.1 Å². The molecule has 4 aromatic rings. The Labute approximate surface area is 200 Å². The normalized spacial score (nSPS) is 12.1. The first-order chi connectivity index (χ1) is 16.7. The van der Waals surface area contributed by atoms with Crippen molar-refractivity contribution in [3.63, 3.8) is 0 Å². The molecule has 0 fully saturated rings. The molecule has 0 amide bonds. The van der Waals surface area contributed by atoms with Gasteiger partial charge in [-0.1, -0.05) is 44.2 Å².